The fourth-order valence-electron chi connectivity index (χ4n) is 2.09. The summed E-state index contributed by atoms with van der Waals surface area (Å²) in [6.45, 7) is 1.83. The van der Waals surface area contributed by atoms with E-state index in [2.05, 4.69) is 0 Å². The number of phenols is 2. The first-order chi connectivity index (χ1) is 9.55. The minimum Gasteiger partial charge on any atom is -0.508 e. The van der Waals surface area contributed by atoms with E-state index in [9.17, 15) is 10.2 Å². The smallest absolute Gasteiger partial charge is 0.126 e. The fraction of sp³-hybridized carbons (Fsp3) is 0.250. The molecule has 2 N–H and O–H groups in total. The van der Waals surface area contributed by atoms with Crippen LogP contribution >= 0.6 is 0 Å². The quantitative estimate of drug-likeness (QED) is 0.899. The van der Waals surface area contributed by atoms with Crippen LogP contribution in [0.3, 0.4) is 0 Å². The third kappa shape index (κ3) is 2.79. The van der Waals surface area contributed by atoms with Crippen molar-refractivity contribution in [3.8, 4) is 23.0 Å². The highest BCUT2D eigenvalue weighted by Crippen LogP contribution is 2.32. The predicted molar refractivity (Wildman–Crippen MR) is 76.9 cm³/mol. The third-order valence-corrected chi connectivity index (χ3v) is 3.27. The molecule has 0 saturated heterocycles. The van der Waals surface area contributed by atoms with Crippen molar-refractivity contribution in [2.75, 3.05) is 14.2 Å². The average Bonchev–Trinajstić information content (AvgIpc) is 2.44. The van der Waals surface area contributed by atoms with Crippen LogP contribution in [-0.2, 0) is 6.42 Å². The van der Waals surface area contributed by atoms with Crippen molar-refractivity contribution >= 4 is 0 Å². The number of aromatic hydroxyl groups is 2. The van der Waals surface area contributed by atoms with Gasteiger partial charge in [0.15, 0.2) is 0 Å². The van der Waals surface area contributed by atoms with E-state index in [1.54, 1.807) is 32.4 Å². The Balaban J connectivity index is 2.36. The number of rotatable bonds is 4. The molecule has 2 aromatic rings. The SMILES string of the molecule is COc1ccc(Cc2cc(C)c(O)cc2OC)c(O)c1. The summed E-state index contributed by atoms with van der Waals surface area (Å²) in [6, 6.07) is 8.64. The van der Waals surface area contributed by atoms with Crippen molar-refractivity contribution in [3.05, 3.63) is 47.0 Å². The Labute approximate surface area is 118 Å². The molecule has 0 fully saturated rings. The second-order valence-electron chi connectivity index (χ2n) is 4.62. The van der Waals surface area contributed by atoms with E-state index in [0.29, 0.717) is 17.9 Å². The highest BCUT2D eigenvalue weighted by molar-refractivity contribution is 5.49. The molecule has 0 saturated carbocycles. The van der Waals surface area contributed by atoms with Gasteiger partial charge >= 0.3 is 0 Å². The molecule has 0 spiro atoms. The molecule has 0 aliphatic rings. The van der Waals surface area contributed by atoms with Crippen LogP contribution in [0, 0.1) is 6.92 Å². The Kier molecular flexibility index (Phi) is 4.03. The molecule has 0 heterocycles. The van der Waals surface area contributed by atoms with E-state index in [0.717, 1.165) is 16.7 Å². The summed E-state index contributed by atoms with van der Waals surface area (Å²) < 4.78 is 10.3. The van der Waals surface area contributed by atoms with Crippen LogP contribution in [0.25, 0.3) is 0 Å². The van der Waals surface area contributed by atoms with Gasteiger partial charge in [-0.25, -0.2) is 0 Å². The molecule has 4 heteroatoms. The number of ether oxygens (including phenoxy) is 2. The summed E-state index contributed by atoms with van der Waals surface area (Å²) in [5, 5.41) is 19.7. The average molecular weight is 274 g/mol. The van der Waals surface area contributed by atoms with Crippen molar-refractivity contribution < 1.29 is 19.7 Å². The van der Waals surface area contributed by atoms with Crippen LogP contribution in [0.15, 0.2) is 30.3 Å². The van der Waals surface area contributed by atoms with E-state index < -0.39 is 0 Å². The van der Waals surface area contributed by atoms with E-state index in [4.69, 9.17) is 9.47 Å². The zero-order chi connectivity index (χ0) is 14.7. The summed E-state index contributed by atoms with van der Waals surface area (Å²) >= 11 is 0. The first-order valence-corrected chi connectivity index (χ1v) is 6.27. The first-order valence-electron chi connectivity index (χ1n) is 6.27. The topological polar surface area (TPSA) is 58.9 Å². The van der Waals surface area contributed by atoms with Gasteiger partial charge in [0.05, 0.1) is 14.2 Å². The minimum absolute atomic E-state index is 0.178. The van der Waals surface area contributed by atoms with Gasteiger partial charge in [-0.1, -0.05) is 6.07 Å². The maximum Gasteiger partial charge on any atom is 0.126 e. The van der Waals surface area contributed by atoms with E-state index in [-0.39, 0.29) is 11.5 Å². The van der Waals surface area contributed by atoms with Crippen LogP contribution in [0.2, 0.25) is 0 Å². The molecule has 106 valence electrons. The monoisotopic (exact) mass is 274 g/mol. The van der Waals surface area contributed by atoms with Crippen molar-refractivity contribution in [1.82, 2.24) is 0 Å². The molecule has 0 aliphatic heterocycles. The van der Waals surface area contributed by atoms with Crippen LogP contribution < -0.4 is 9.47 Å². The Hall–Kier alpha value is -2.36. The van der Waals surface area contributed by atoms with Gasteiger partial charge in [-0.05, 0) is 35.7 Å². The first kappa shape index (κ1) is 14.1. The molecule has 0 aliphatic carbocycles. The van der Waals surface area contributed by atoms with Gasteiger partial charge in [-0.15, -0.1) is 0 Å². The summed E-state index contributed by atoms with van der Waals surface area (Å²) in [7, 11) is 3.11. The fourth-order valence-corrected chi connectivity index (χ4v) is 2.09. The lowest BCUT2D eigenvalue weighted by molar-refractivity contribution is 0.401. The van der Waals surface area contributed by atoms with E-state index >= 15 is 0 Å². The standard InChI is InChI=1S/C16H18O4/c1-10-6-12(16(20-3)9-14(10)17)7-11-4-5-13(19-2)8-15(11)18/h4-6,8-9,17-18H,7H2,1-3H3. The number of phenolic OH excluding ortho intramolecular Hbond substituents is 2. The second-order valence-corrected chi connectivity index (χ2v) is 4.62. The largest absolute Gasteiger partial charge is 0.508 e. The van der Waals surface area contributed by atoms with Crippen LogP contribution in [0.1, 0.15) is 16.7 Å². The van der Waals surface area contributed by atoms with Crippen LogP contribution in [0.4, 0.5) is 0 Å². The van der Waals surface area contributed by atoms with Gasteiger partial charge in [-0.3, -0.25) is 0 Å². The molecular formula is C16H18O4. The van der Waals surface area contributed by atoms with Gasteiger partial charge in [-0.2, -0.15) is 0 Å². The number of hydrogen-bond donors (Lipinski definition) is 2. The number of aryl methyl sites for hydroxylation is 1. The maximum atomic E-state index is 10.0. The zero-order valence-corrected chi connectivity index (χ0v) is 11.8. The Morgan fingerprint density at radius 2 is 1.65 bits per heavy atom. The van der Waals surface area contributed by atoms with Gasteiger partial charge in [0, 0.05) is 18.6 Å². The molecule has 0 unspecified atom stereocenters. The van der Waals surface area contributed by atoms with E-state index in [1.807, 2.05) is 19.1 Å². The number of methoxy groups -OCH3 is 2. The van der Waals surface area contributed by atoms with E-state index in [1.165, 1.54) is 0 Å². The maximum absolute atomic E-state index is 10.0. The van der Waals surface area contributed by atoms with Crippen molar-refractivity contribution in [2.45, 2.75) is 13.3 Å². The molecule has 2 rings (SSSR count). The summed E-state index contributed by atoms with van der Waals surface area (Å²) in [4.78, 5) is 0. The number of benzene rings is 2. The molecule has 0 bridgehead atoms. The minimum atomic E-state index is 0.178. The normalized spacial score (nSPS) is 10.3. The lowest BCUT2D eigenvalue weighted by Crippen LogP contribution is -1.96. The highest BCUT2D eigenvalue weighted by Gasteiger charge is 2.11. The zero-order valence-electron chi connectivity index (χ0n) is 11.8. The highest BCUT2D eigenvalue weighted by atomic mass is 16.5. The molecule has 20 heavy (non-hydrogen) atoms. The summed E-state index contributed by atoms with van der Waals surface area (Å²) in [5.74, 6) is 1.59. The third-order valence-electron chi connectivity index (χ3n) is 3.27. The van der Waals surface area contributed by atoms with Crippen LogP contribution in [-0.4, -0.2) is 24.4 Å². The van der Waals surface area contributed by atoms with Gasteiger partial charge < -0.3 is 19.7 Å². The Morgan fingerprint density at radius 3 is 2.25 bits per heavy atom. The van der Waals surface area contributed by atoms with Gasteiger partial charge in [0.25, 0.3) is 0 Å². The Bertz CT molecular complexity index is 620. The molecule has 0 radical (unpaired) electrons. The van der Waals surface area contributed by atoms with Gasteiger partial charge in [0.1, 0.15) is 23.0 Å². The molecule has 2 aromatic carbocycles. The molecular weight excluding hydrogens is 256 g/mol. The van der Waals surface area contributed by atoms with Crippen molar-refractivity contribution in [1.29, 1.82) is 0 Å². The Morgan fingerprint density at radius 1 is 0.900 bits per heavy atom. The lowest BCUT2D eigenvalue weighted by atomic mass is 10.0. The second kappa shape index (κ2) is 5.74. The predicted octanol–water partition coefficient (Wildman–Crippen LogP) is 3.01. The lowest BCUT2D eigenvalue weighted by Gasteiger charge is -2.12. The van der Waals surface area contributed by atoms with Crippen molar-refractivity contribution in [3.63, 3.8) is 0 Å². The summed E-state index contributed by atoms with van der Waals surface area (Å²) in [5.41, 5.74) is 2.45. The number of hydrogen-bond acceptors (Lipinski definition) is 4. The molecule has 0 amide bonds. The molecule has 0 aromatic heterocycles. The molecule has 0 atom stereocenters. The molecule has 4 nitrogen and oxygen atoms in total. The van der Waals surface area contributed by atoms with Crippen molar-refractivity contribution in [2.24, 2.45) is 0 Å². The van der Waals surface area contributed by atoms with Gasteiger partial charge in [0.2, 0.25) is 0 Å². The summed E-state index contributed by atoms with van der Waals surface area (Å²) in [6.07, 6.45) is 0.514. The van der Waals surface area contributed by atoms with Crippen LogP contribution in [0.5, 0.6) is 23.0 Å².